The number of hydrogen-bond acceptors (Lipinski definition) is 3. The predicted molar refractivity (Wildman–Crippen MR) is 74.8 cm³/mol. The lowest BCUT2D eigenvalue weighted by atomic mass is 10.2. The first-order valence-corrected chi connectivity index (χ1v) is 7.87. The van der Waals surface area contributed by atoms with Crippen LogP contribution in [0.2, 0.25) is 0 Å². The number of hydrogen-bond donors (Lipinski definition) is 1. The van der Waals surface area contributed by atoms with Crippen molar-refractivity contribution in [2.75, 3.05) is 11.6 Å². The molecule has 0 saturated heterocycles. The molecule has 0 heterocycles. The molecule has 14 heavy (non-hydrogen) atoms. The van der Waals surface area contributed by atoms with Crippen molar-refractivity contribution in [3.05, 3.63) is 34.3 Å². The van der Waals surface area contributed by atoms with Crippen LogP contribution in [0.25, 0.3) is 0 Å². The highest BCUT2D eigenvalue weighted by atomic mass is 79.9. The van der Waals surface area contributed by atoms with Crippen molar-refractivity contribution in [1.82, 2.24) is 0 Å². The van der Waals surface area contributed by atoms with E-state index in [1.165, 1.54) is 10.8 Å². The fourth-order valence-corrected chi connectivity index (χ4v) is 1.30. The third-order valence-electron chi connectivity index (χ3n) is 1.29. The minimum absolute atomic E-state index is 0.109. The van der Waals surface area contributed by atoms with Crippen molar-refractivity contribution in [2.45, 2.75) is 0 Å². The number of alkyl halides is 1. The van der Waals surface area contributed by atoms with Crippen molar-refractivity contribution < 1.29 is 4.79 Å². The highest BCUT2D eigenvalue weighted by Gasteiger charge is 2.01. The van der Waals surface area contributed by atoms with Crippen LogP contribution in [0, 0.1) is 0 Å². The summed E-state index contributed by atoms with van der Waals surface area (Å²) in [7, 11) is 1.44. The van der Waals surface area contributed by atoms with Crippen molar-refractivity contribution in [3.63, 3.8) is 0 Å². The molecule has 1 aromatic carbocycles. The van der Waals surface area contributed by atoms with Gasteiger partial charge in [-0.05, 0) is 18.4 Å². The molecule has 0 saturated carbocycles. The van der Waals surface area contributed by atoms with Crippen LogP contribution in [0.1, 0.15) is 10.4 Å². The van der Waals surface area contributed by atoms with Crippen molar-refractivity contribution in [2.24, 2.45) is 0 Å². The summed E-state index contributed by atoms with van der Waals surface area (Å²) in [6.45, 7) is 0. The summed E-state index contributed by atoms with van der Waals surface area (Å²) in [6, 6.07) is 7.31. The first-order chi connectivity index (χ1) is 6.65. The van der Waals surface area contributed by atoms with Crippen LogP contribution in [-0.4, -0.2) is 17.4 Å². The molecule has 5 heteroatoms. The van der Waals surface area contributed by atoms with Crippen LogP contribution in [0.15, 0.2) is 28.7 Å². The molecule has 78 valence electrons. The Bertz CT molecular complexity index is 275. The lowest BCUT2D eigenvalue weighted by Gasteiger charge is -1.95. The minimum atomic E-state index is 0.109. The maximum absolute atomic E-state index is 11.1. The van der Waals surface area contributed by atoms with Crippen LogP contribution in [0.3, 0.4) is 0 Å². The molecule has 0 unspecified atom stereocenters. The largest absolute Gasteiger partial charge is 0.293 e. The number of ketones is 1. The molecule has 0 atom stereocenters. The van der Waals surface area contributed by atoms with Gasteiger partial charge < -0.3 is 0 Å². The van der Waals surface area contributed by atoms with Crippen molar-refractivity contribution >= 4 is 60.1 Å². The Morgan fingerprint density at radius 1 is 1.43 bits per heavy atom. The highest BCUT2D eigenvalue weighted by molar-refractivity contribution is 9.10. The molecule has 0 spiro atoms. The summed E-state index contributed by atoms with van der Waals surface area (Å²) >= 11 is 10.1. The smallest absolute Gasteiger partial charge is 0.173 e. The van der Waals surface area contributed by atoms with E-state index in [0.717, 1.165) is 10.0 Å². The highest BCUT2D eigenvalue weighted by Crippen LogP contribution is 2.11. The van der Waals surface area contributed by atoms with Gasteiger partial charge in [0.05, 0.1) is 5.33 Å². The molecule has 0 amide bonds. The van der Waals surface area contributed by atoms with Crippen molar-refractivity contribution in [3.8, 4) is 0 Å². The number of thiol groups is 1. The van der Waals surface area contributed by atoms with Crippen LogP contribution < -0.4 is 0 Å². The maximum Gasteiger partial charge on any atom is 0.173 e. The molecule has 1 nitrogen and oxygen atoms in total. The van der Waals surface area contributed by atoms with Gasteiger partial charge in [0, 0.05) is 10.0 Å². The zero-order valence-corrected chi connectivity index (χ0v) is 12.4. The van der Waals surface area contributed by atoms with Crippen LogP contribution >= 0.6 is 54.3 Å². The third kappa shape index (κ3) is 6.11. The molecule has 1 rings (SSSR count). The number of halogens is 2. The Labute approximate surface area is 110 Å². The quantitative estimate of drug-likeness (QED) is 0.369. The van der Waals surface area contributed by atoms with Gasteiger partial charge in [0.2, 0.25) is 0 Å². The van der Waals surface area contributed by atoms with E-state index in [4.69, 9.17) is 0 Å². The van der Waals surface area contributed by atoms with Gasteiger partial charge in [0.15, 0.2) is 5.78 Å². The number of rotatable bonds is 2. The summed E-state index contributed by atoms with van der Waals surface area (Å²) in [5.41, 5.74) is 0.741. The van der Waals surface area contributed by atoms with Crippen LogP contribution in [0.4, 0.5) is 0 Å². The van der Waals surface area contributed by atoms with E-state index in [0.29, 0.717) is 5.33 Å². The fraction of sp³-hybridized carbons (Fsp3) is 0.222. The van der Waals surface area contributed by atoms with E-state index >= 15 is 0 Å². The van der Waals surface area contributed by atoms with Crippen LogP contribution in [-0.2, 0) is 0 Å². The van der Waals surface area contributed by atoms with Gasteiger partial charge in [0.1, 0.15) is 0 Å². The Kier molecular flexibility index (Phi) is 9.17. The lowest BCUT2D eigenvalue weighted by molar-refractivity contribution is 0.102. The summed E-state index contributed by atoms with van der Waals surface area (Å²) in [5, 5.41) is 0.384. The summed E-state index contributed by atoms with van der Waals surface area (Å²) in [4.78, 5) is 11.1. The van der Waals surface area contributed by atoms with Gasteiger partial charge in [-0.25, -0.2) is 0 Å². The normalized spacial score (nSPS) is 8.86. The van der Waals surface area contributed by atoms with E-state index in [2.05, 4.69) is 43.5 Å². The lowest BCUT2D eigenvalue weighted by Crippen LogP contribution is -1.98. The number of Topliss-reactive ketones (excluding diaryl/α,β-unsaturated/α-hetero) is 1. The second-order valence-corrected chi connectivity index (χ2v) is 5.18. The maximum atomic E-state index is 11.1. The Morgan fingerprint density at radius 2 is 1.86 bits per heavy atom. The Hall–Kier alpha value is 0.550. The molecule has 0 aromatic heterocycles. The van der Waals surface area contributed by atoms with Gasteiger partial charge in [-0.3, -0.25) is 4.79 Å². The van der Waals surface area contributed by atoms with Gasteiger partial charge in [0.25, 0.3) is 0 Å². The summed E-state index contributed by atoms with van der Waals surface area (Å²) in [5.74, 6) is 0.109. The summed E-state index contributed by atoms with van der Waals surface area (Å²) in [6.07, 6.45) is 1.91. The standard InChI is InChI=1S/C8H6Br2O.CH4S2/c9-5-8(11)6-1-3-7(10)4-2-6;1-3-2/h1-4H,5H2;2H,1H3. The molecular weight excluding hydrogens is 348 g/mol. The zero-order valence-electron chi connectivity index (χ0n) is 7.54. The van der Waals surface area contributed by atoms with Gasteiger partial charge in [-0.1, -0.05) is 44.0 Å². The summed E-state index contributed by atoms with van der Waals surface area (Å²) < 4.78 is 0.989. The number of benzene rings is 1. The van der Waals surface area contributed by atoms with Gasteiger partial charge in [-0.15, -0.1) is 22.5 Å². The number of carbonyl (C=O) groups is 1. The molecular formula is C9H10Br2OS2. The predicted octanol–water partition coefficient (Wildman–Crippen LogP) is 4.22. The monoisotopic (exact) mass is 356 g/mol. The van der Waals surface area contributed by atoms with Crippen molar-refractivity contribution in [1.29, 1.82) is 0 Å². The van der Waals surface area contributed by atoms with Crippen LogP contribution in [0.5, 0.6) is 0 Å². The van der Waals surface area contributed by atoms with E-state index in [9.17, 15) is 4.79 Å². The topological polar surface area (TPSA) is 17.1 Å². The third-order valence-corrected chi connectivity index (χ3v) is 2.33. The second-order valence-electron chi connectivity index (χ2n) is 2.25. The first-order valence-electron chi connectivity index (χ1n) is 3.68. The van der Waals surface area contributed by atoms with E-state index in [1.54, 1.807) is 12.1 Å². The zero-order chi connectivity index (χ0) is 11.0. The van der Waals surface area contributed by atoms with E-state index in [-0.39, 0.29) is 5.78 Å². The average molecular weight is 358 g/mol. The molecule has 0 radical (unpaired) electrons. The van der Waals surface area contributed by atoms with Gasteiger partial charge >= 0.3 is 0 Å². The molecule has 0 bridgehead atoms. The van der Waals surface area contributed by atoms with E-state index < -0.39 is 0 Å². The van der Waals surface area contributed by atoms with Gasteiger partial charge in [-0.2, -0.15) is 0 Å². The van der Waals surface area contributed by atoms with E-state index in [1.807, 2.05) is 18.4 Å². The first kappa shape index (κ1) is 14.6. The average Bonchev–Trinajstić information content (AvgIpc) is 2.19. The number of carbonyl (C=O) groups excluding carboxylic acids is 1. The molecule has 1 aromatic rings. The Balaban J connectivity index is 0.000000500. The SMILES string of the molecule is CSS.O=C(CBr)c1ccc(Br)cc1. The molecule has 0 aliphatic carbocycles. The molecule has 0 aliphatic heterocycles. The Morgan fingerprint density at radius 3 is 2.21 bits per heavy atom. The minimum Gasteiger partial charge on any atom is -0.293 e. The second kappa shape index (κ2) is 8.83. The molecule has 0 N–H and O–H groups in total. The molecule has 0 aliphatic rings. The molecule has 0 fully saturated rings. The fourth-order valence-electron chi connectivity index (χ4n) is 0.713.